The molecule has 0 bridgehead atoms. The number of esters is 1. The number of benzene rings is 1. The van der Waals surface area contributed by atoms with Crippen molar-refractivity contribution in [1.29, 1.82) is 5.26 Å². The van der Waals surface area contributed by atoms with Crippen LogP contribution < -0.4 is 5.73 Å². The molecule has 0 aliphatic carbocycles. The fraction of sp³-hybridized carbons (Fsp3) is 0.200. The molecule has 1 aromatic rings. The Bertz CT molecular complexity index is 435. The zero-order valence-electron chi connectivity index (χ0n) is 8.15. The van der Waals surface area contributed by atoms with Crippen LogP contribution in [-0.4, -0.2) is 18.2 Å². The number of phenolic OH excluding ortho intramolecular Hbond substituents is 1. The number of methoxy groups -OCH3 is 1. The lowest BCUT2D eigenvalue weighted by molar-refractivity contribution is 0.0600. The third-order valence-electron chi connectivity index (χ3n) is 1.95. The Kier molecular flexibility index (Phi) is 3.26. The van der Waals surface area contributed by atoms with E-state index in [-0.39, 0.29) is 23.4 Å². The normalized spacial score (nSPS) is 9.40. The lowest BCUT2D eigenvalue weighted by Crippen LogP contribution is -2.05. The van der Waals surface area contributed by atoms with Gasteiger partial charge in [-0.1, -0.05) is 0 Å². The van der Waals surface area contributed by atoms with Crippen molar-refractivity contribution in [1.82, 2.24) is 0 Å². The molecular formula is C10H10N2O3. The van der Waals surface area contributed by atoms with Crippen LogP contribution in [-0.2, 0) is 11.3 Å². The number of hydrogen-bond acceptors (Lipinski definition) is 5. The molecule has 0 atom stereocenters. The lowest BCUT2D eigenvalue weighted by Gasteiger charge is -2.06. The second-order valence-electron chi connectivity index (χ2n) is 2.84. The quantitative estimate of drug-likeness (QED) is 0.687. The average molecular weight is 206 g/mol. The van der Waals surface area contributed by atoms with E-state index < -0.39 is 5.97 Å². The smallest absolute Gasteiger partial charge is 0.337 e. The summed E-state index contributed by atoms with van der Waals surface area (Å²) in [6, 6.07) is 4.44. The molecule has 1 aromatic carbocycles. The van der Waals surface area contributed by atoms with E-state index >= 15 is 0 Å². The van der Waals surface area contributed by atoms with Crippen molar-refractivity contribution in [3.05, 3.63) is 28.8 Å². The van der Waals surface area contributed by atoms with Crippen LogP contribution in [0.5, 0.6) is 5.75 Å². The van der Waals surface area contributed by atoms with Gasteiger partial charge in [-0.15, -0.1) is 0 Å². The van der Waals surface area contributed by atoms with Gasteiger partial charge in [0.25, 0.3) is 0 Å². The monoisotopic (exact) mass is 206 g/mol. The van der Waals surface area contributed by atoms with Gasteiger partial charge >= 0.3 is 5.97 Å². The molecule has 1 rings (SSSR count). The van der Waals surface area contributed by atoms with Crippen LogP contribution in [0, 0.1) is 11.3 Å². The number of rotatable bonds is 2. The molecule has 0 saturated carbocycles. The molecule has 15 heavy (non-hydrogen) atoms. The molecule has 5 nitrogen and oxygen atoms in total. The van der Waals surface area contributed by atoms with E-state index in [9.17, 15) is 9.90 Å². The van der Waals surface area contributed by atoms with Crippen LogP contribution in [0.3, 0.4) is 0 Å². The maximum absolute atomic E-state index is 11.2. The molecule has 3 N–H and O–H groups in total. The van der Waals surface area contributed by atoms with Crippen molar-refractivity contribution in [2.45, 2.75) is 6.54 Å². The van der Waals surface area contributed by atoms with Gasteiger partial charge in [-0.05, 0) is 12.1 Å². The number of ether oxygens (including phenoxy) is 1. The number of nitriles is 1. The molecule has 0 amide bonds. The summed E-state index contributed by atoms with van der Waals surface area (Å²) in [5, 5.41) is 18.2. The van der Waals surface area contributed by atoms with E-state index in [1.807, 2.05) is 0 Å². The molecule has 0 aliphatic rings. The van der Waals surface area contributed by atoms with E-state index in [0.29, 0.717) is 5.56 Å². The highest BCUT2D eigenvalue weighted by Gasteiger charge is 2.13. The summed E-state index contributed by atoms with van der Waals surface area (Å²) in [5.74, 6) is -0.756. The summed E-state index contributed by atoms with van der Waals surface area (Å²) >= 11 is 0. The summed E-state index contributed by atoms with van der Waals surface area (Å²) in [5.41, 5.74) is 5.92. The molecule has 0 radical (unpaired) electrons. The highest BCUT2D eigenvalue weighted by Crippen LogP contribution is 2.23. The van der Waals surface area contributed by atoms with Gasteiger partial charge in [0.1, 0.15) is 11.8 Å². The van der Waals surface area contributed by atoms with Crippen LogP contribution in [0.25, 0.3) is 0 Å². The van der Waals surface area contributed by atoms with Crippen LogP contribution in [0.2, 0.25) is 0 Å². The van der Waals surface area contributed by atoms with Crippen molar-refractivity contribution in [2.24, 2.45) is 5.73 Å². The highest BCUT2D eigenvalue weighted by atomic mass is 16.5. The first-order valence-corrected chi connectivity index (χ1v) is 4.18. The fourth-order valence-corrected chi connectivity index (χ4v) is 1.17. The Morgan fingerprint density at radius 1 is 1.67 bits per heavy atom. The molecule has 0 fully saturated rings. The first-order valence-electron chi connectivity index (χ1n) is 4.18. The van der Waals surface area contributed by atoms with Crippen LogP contribution in [0.1, 0.15) is 21.5 Å². The van der Waals surface area contributed by atoms with Gasteiger partial charge in [-0.2, -0.15) is 5.26 Å². The summed E-state index contributed by atoms with van der Waals surface area (Å²) in [6.07, 6.45) is 0. The molecular weight excluding hydrogens is 196 g/mol. The van der Waals surface area contributed by atoms with Crippen LogP contribution in [0.4, 0.5) is 0 Å². The lowest BCUT2D eigenvalue weighted by atomic mass is 10.0. The number of carbonyl (C=O) groups excluding carboxylic acids is 1. The Labute approximate surface area is 86.7 Å². The minimum atomic E-state index is -0.568. The standard InChI is InChI=1S/C10H10N2O3/c1-15-10(14)6-2-7(4-11)9(13)8(3-6)5-12/h2-3,13H,4,11H2,1H3. The highest BCUT2D eigenvalue weighted by molar-refractivity contribution is 5.90. The number of aromatic hydroxyl groups is 1. The predicted molar refractivity (Wildman–Crippen MR) is 52.1 cm³/mol. The van der Waals surface area contributed by atoms with E-state index in [2.05, 4.69) is 4.74 Å². The topological polar surface area (TPSA) is 96.3 Å². The van der Waals surface area contributed by atoms with Gasteiger partial charge in [-0.25, -0.2) is 4.79 Å². The Hall–Kier alpha value is -2.06. The molecule has 78 valence electrons. The summed E-state index contributed by atoms with van der Waals surface area (Å²) in [7, 11) is 1.24. The number of nitrogens with two attached hydrogens (primary N) is 1. The molecule has 0 aliphatic heterocycles. The summed E-state index contributed by atoms with van der Waals surface area (Å²) in [6.45, 7) is 0.0470. The summed E-state index contributed by atoms with van der Waals surface area (Å²) in [4.78, 5) is 11.2. The SMILES string of the molecule is COC(=O)c1cc(C#N)c(O)c(CN)c1. The van der Waals surface area contributed by atoms with E-state index in [1.165, 1.54) is 19.2 Å². The van der Waals surface area contributed by atoms with Gasteiger partial charge in [0.15, 0.2) is 0 Å². The van der Waals surface area contributed by atoms with Gasteiger partial charge < -0.3 is 15.6 Å². The van der Waals surface area contributed by atoms with Crippen LogP contribution in [0.15, 0.2) is 12.1 Å². The van der Waals surface area contributed by atoms with Gasteiger partial charge in [0.2, 0.25) is 0 Å². The van der Waals surface area contributed by atoms with Crippen molar-refractivity contribution >= 4 is 5.97 Å². The van der Waals surface area contributed by atoms with Gasteiger partial charge in [0.05, 0.1) is 18.2 Å². The van der Waals surface area contributed by atoms with Crippen molar-refractivity contribution in [3.63, 3.8) is 0 Å². The van der Waals surface area contributed by atoms with E-state index in [1.54, 1.807) is 6.07 Å². The second kappa shape index (κ2) is 4.44. The fourth-order valence-electron chi connectivity index (χ4n) is 1.17. The molecule has 5 heteroatoms. The predicted octanol–water partition coefficient (Wildman–Crippen LogP) is 0.509. The third-order valence-corrected chi connectivity index (χ3v) is 1.95. The molecule has 0 aromatic heterocycles. The maximum atomic E-state index is 11.2. The van der Waals surface area contributed by atoms with Gasteiger partial charge in [-0.3, -0.25) is 0 Å². The minimum absolute atomic E-state index is 0.0124. The number of hydrogen-bond donors (Lipinski definition) is 2. The maximum Gasteiger partial charge on any atom is 0.337 e. The second-order valence-corrected chi connectivity index (χ2v) is 2.84. The molecule has 0 saturated heterocycles. The Balaban J connectivity index is 3.34. The average Bonchev–Trinajstić information content (AvgIpc) is 2.28. The van der Waals surface area contributed by atoms with E-state index in [0.717, 1.165) is 0 Å². The number of nitrogens with zero attached hydrogens (tertiary/aromatic N) is 1. The molecule has 0 spiro atoms. The van der Waals surface area contributed by atoms with Crippen molar-refractivity contribution in [3.8, 4) is 11.8 Å². The largest absolute Gasteiger partial charge is 0.506 e. The van der Waals surface area contributed by atoms with Crippen LogP contribution >= 0.6 is 0 Å². The number of carbonyl (C=O) groups is 1. The Morgan fingerprint density at radius 2 is 2.33 bits per heavy atom. The first-order chi connectivity index (χ1) is 7.13. The van der Waals surface area contributed by atoms with Crippen molar-refractivity contribution in [2.75, 3.05) is 7.11 Å². The third kappa shape index (κ3) is 2.06. The molecule has 0 unspecified atom stereocenters. The Morgan fingerprint density at radius 3 is 2.80 bits per heavy atom. The summed E-state index contributed by atoms with van der Waals surface area (Å²) < 4.78 is 4.50. The zero-order chi connectivity index (χ0) is 11.4. The minimum Gasteiger partial charge on any atom is -0.506 e. The van der Waals surface area contributed by atoms with Crippen molar-refractivity contribution < 1.29 is 14.6 Å². The zero-order valence-corrected chi connectivity index (χ0v) is 8.15. The first kappa shape index (κ1) is 11.0. The van der Waals surface area contributed by atoms with Gasteiger partial charge in [0, 0.05) is 12.1 Å². The van der Waals surface area contributed by atoms with E-state index in [4.69, 9.17) is 11.0 Å². The number of phenols is 1. The molecule has 0 heterocycles.